The summed E-state index contributed by atoms with van der Waals surface area (Å²) >= 11 is 0. The Labute approximate surface area is 332 Å². The van der Waals surface area contributed by atoms with Gasteiger partial charge in [-0.3, -0.25) is 14.4 Å². The summed E-state index contributed by atoms with van der Waals surface area (Å²) in [6.07, 6.45) is 11.7. The number of carboxylic acids is 1. The van der Waals surface area contributed by atoms with Gasteiger partial charge in [0.2, 0.25) is 5.91 Å². The molecule has 304 valence electrons. The lowest BCUT2D eigenvalue weighted by atomic mass is 9.32. The van der Waals surface area contributed by atoms with E-state index in [1.165, 1.54) is 31.3 Å². The number of fused-ring (bicyclic) bond motifs is 7. The topological polar surface area (TPSA) is 105 Å². The zero-order valence-corrected chi connectivity index (χ0v) is 35.7. The van der Waals surface area contributed by atoms with E-state index in [1.807, 2.05) is 32.9 Å². The quantitative estimate of drug-likeness (QED) is 0.145. The Bertz CT molecular complexity index is 1680. The fraction of sp³-hybridized carbons (Fsp3) is 0.729. The van der Waals surface area contributed by atoms with E-state index in [-0.39, 0.29) is 57.9 Å². The second-order valence-corrected chi connectivity index (χ2v) is 21.4. The van der Waals surface area contributed by atoms with Crippen molar-refractivity contribution in [2.75, 3.05) is 5.32 Å². The molecule has 5 aliphatic carbocycles. The minimum Gasteiger partial charge on any atom is -0.481 e. The summed E-state index contributed by atoms with van der Waals surface area (Å²) in [5, 5.41) is 15.9. The first-order chi connectivity index (χ1) is 25.6. The van der Waals surface area contributed by atoms with Crippen LogP contribution in [0.5, 0.6) is 0 Å². The highest BCUT2D eigenvalue weighted by Crippen LogP contribution is 2.78. The molecule has 0 heterocycles. The minimum atomic E-state index is -0.886. The van der Waals surface area contributed by atoms with Crippen LogP contribution in [0, 0.1) is 62.1 Å². The van der Waals surface area contributed by atoms with Gasteiger partial charge in [-0.15, -0.1) is 0 Å². The van der Waals surface area contributed by atoms with Crippen molar-refractivity contribution in [3.05, 3.63) is 54.3 Å². The summed E-state index contributed by atoms with van der Waals surface area (Å²) in [5.74, 6) is 1.55. The smallest absolute Gasteiger partial charge is 0.306 e. The molecule has 55 heavy (non-hydrogen) atoms. The van der Waals surface area contributed by atoms with Gasteiger partial charge in [-0.1, -0.05) is 79.3 Å². The summed E-state index contributed by atoms with van der Waals surface area (Å²) in [6.45, 7) is 29.4. The van der Waals surface area contributed by atoms with Gasteiger partial charge >= 0.3 is 11.9 Å². The number of hydrogen-bond acceptors (Lipinski definition) is 5. The monoisotopic (exact) mass is 757 g/mol. The maximum Gasteiger partial charge on any atom is 0.306 e. The van der Waals surface area contributed by atoms with Crippen LogP contribution in [0.1, 0.15) is 151 Å². The van der Waals surface area contributed by atoms with E-state index in [4.69, 9.17) is 4.74 Å². The third-order valence-electron chi connectivity index (χ3n) is 17.0. The van der Waals surface area contributed by atoms with Gasteiger partial charge in [0.05, 0.1) is 12.8 Å². The van der Waals surface area contributed by atoms with Crippen molar-refractivity contribution in [2.45, 2.75) is 158 Å². The van der Waals surface area contributed by atoms with Gasteiger partial charge in [-0.05, 0) is 152 Å². The molecular weight excluding hydrogens is 685 g/mol. The third kappa shape index (κ3) is 7.44. The van der Waals surface area contributed by atoms with Crippen LogP contribution in [0.25, 0.3) is 0 Å². The number of aliphatic carboxylic acids is 1. The fourth-order valence-electron chi connectivity index (χ4n) is 14.4. The molecule has 7 heteroatoms. The molecule has 5 aliphatic rings. The number of allylic oxidation sites excluding steroid dienone is 2. The lowest BCUT2D eigenvalue weighted by Crippen LogP contribution is -2.67. The van der Waals surface area contributed by atoms with Crippen LogP contribution in [0.3, 0.4) is 0 Å². The predicted molar refractivity (Wildman–Crippen MR) is 221 cm³/mol. The van der Waals surface area contributed by atoms with E-state index in [9.17, 15) is 19.5 Å². The van der Waals surface area contributed by atoms with Crippen LogP contribution < -0.4 is 10.6 Å². The van der Waals surface area contributed by atoms with Crippen LogP contribution in [0.15, 0.2) is 48.7 Å². The van der Waals surface area contributed by atoms with Gasteiger partial charge < -0.3 is 20.5 Å². The molecule has 0 spiro atoms. The number of esters is 1. The van der Waals surface area contributed by atoms with E-state index in [0.717, 1.165) is 55.5 Å². The van der Waals surface area contributed by atoms with Gasteiger partial charge in [0.1, 0.15) is 6.10 Å². The number of carboxylic acid groups (broad SMARTS) is 1. The van der Waals surface area contributed by atoms with Gasteiger partial charge in [-0.25, -0.2) is 0 Å². The van der Waals surface area contributed by atoms with E-state index in [0.29, 0.717) is 42.6 Å². The van der Waals surface area contributed by atoms with Crippen molar-refractivity contribution in [1.29, 1.82) is 0 Å². The molecule has 5 fully saturated rings. The highest BCUT2D eigenvalue weighted by molar-refractivity contribution is 5.77. The zero-order chi connectivity index (χ0) is 40.4. The second kappa shape index (κ2) is 14.7. The maximum absolute atomic E-state index is 13.9. The summed E-state index contributed by atoms with van der Waals surface area (Å²) in [5.41, 5.74) is 4.00. The lowest BCUT2D eigenvalue weighted by Gasteiger charge is -2.73. The minimum absolute atomic E-state index is 0.0143. The molecule has 1 aromatic carbocycles. The molecule has 6 rings (SSSR count). The molecule has 7 nitrogen and oxygen atoms in total. The molecular formula is C48H72N2O5. The molecule has 3 N–H and O–H groups in total. The van der Waals surface area contributed by atoms with E-state index < -0.39 is 11.4 Å². The van der Waals surface area contributed by atoms with Gasteiger partial charge in [-0.2, -0.15) is 0 Å². The molecule has 5 saturated carbocycles. The normalized spacial score (nSPS) is 37.6. The van der Waals surface area contributed by atoms with Crippen molar-refractivity contribution in [3.63, 3.8) is 0 Å². The largest absolute Gasteiger partial charge is 0.481 e. The Morgan fingerprint density at radius 1 is 0.836 bits per heavy atom. The average Bonchev–Trinajstić information content (AvgIpc) is 3.44. The second-order valence-electron chi connectivity index (χ2n) is 21.4. The number of rotatable bonds is 12. The van der Waals surface area contributed by atoms with E-state index in [1.54, 1.807) is 0 Å². The molecule has 1 aromatic rings. The van der Waals surface area contributed by atoms with Gasteiger partial charge in [0.25, 0.3) is 0 Å². The number of nitrogens with one attached hydrogen (secondary N) is 2. The summed E-state index contributed by atoms with van der Waals surface area (Å²) in [4.78, 5) is 38.6. The number of carbonyl (C=O) groups excluding carboxylic acids is 2. The first kappa shape index (κ1) is 41.5. The van der Waals surface area contributed by atoms with Crippen LogP contribution in [0.4, 0.5) is 5.69 Å². The van der Waals surface area contributed by atoms with Crippen molar-refractivity contribution < 1.29 is 24.2 Å². The Morgan fingerprint density at radius 3 is 2.16 bits per heavy atom. The number of hydrogen-bond donors (Lipinski definition) is 3. The van der Waals surface area contributed by atoms with Gasteiger partial charge in [0, 0.05) is 29.8 Å². The fourth-order valence-corrected chi connectivity index (χ4v) is 14.4. The standard InChI is InChI=1S/C48H72N2O5/c1-30(2)34-18-23-48(26-39(51)49-29-32-12-14-33(15-13-32)50-31(3)4)25-24-46(10)35(42(34)48)16-17-37-45(9)21-20-38(44(7,8)36(45)19-22-47(37,46)11)55-41(54)28-43(5,6)27-40(52)53/h12-15,34-38,42,50H,1,3,16-29H2,2,4-11H3,(H,49,51)(H,52,53)/t34-,35+,36-,37+,38-,42+,45-,46+,47+,48+/m0/s1. The molecule has 0 unspecified atom stereocenters. The Kier molecular flexibility index (Phi) is 11.1. The number of ether oxygens (including phenoxy) is 1. The SMILES string of the molecule is C=C(C)Nc1ccc(CNC(=O)C[C@]23CC[C@@H](C(=C)C)[C@@H]2[C@H]2CC[C@@H]4[C@@]5(C)CC[C@H](OC(=O)CC(C)(C)CC(=O)O)C(C)(C)[C@@H]5CC[C@@]4(C)[C@]2(C)CC3)cc1. The molecule has 10 atom stereocenters. The molecule has 0 aliphatic heterocycles. The summed E-state index contributed by atoms with van der Waals surface area (Å²) in [6, 6.07) is 8.24. The highest BCUT2D eigenvalue weighted by Gasteiger charge is 2.71. The first-order valence-corrected chi connectivity index (χ1v) is 21.4. The number of carbonyl (C=O) groups is 3. The van der Waals surface area contributed by atoms with Crippen LogP contribution in [-0.2, 0) is 25.7 Å². The van der Waals surface area contributed by atoms with Crippen LogP contribution in [0.2, 0.25) is 0 Å². The lowest BCUT2D eigenvalue weighted by molar-refractivity contribution is -0.250. The zero-order valence-electron chi connectivity index (χ0n) is 35.7. The molecule has 0 saturated heterocycles. The van der Waals surface area contributed by atoms with Gasteiger partial charge in [0.15, 0.2) is 0 Å². The Hall–Kier alpha value is -3.09. The first-order valence-electron chi connectivity index (χ1n) is 21.4. The van der Waals surface area contributed by atoms with Crippen LogP contribution in [-0.4, -0.2) is 29.1 Å². The molecule has 0 aromatic heterocycles. The summed E-state index contributed by atoms with van der Waals surface area (Å²) < 4.78 is 6.29. The number of benzene rings is 1. The molecule has 0 bridgehead atoms. The van der Waals surface area contributed by atoms with Crippen molar-refractivity contribution >= 4 is 23.5 Å². The molecule has 0 radical (unpaired) electrons. The molecule has 1 amide bonds. The third-order valence-corrected chi connectivity index (χ3v) is 17.0. The predicted octanol–water partition coefficient (Wildman–Crippen LogP) is 11.1. The Balaban J connectivity index is 1.18. The van der Waals surface area contributed by atoms with Crippen molar-refractivity contribution in [1.82, 2.24) is 5.32 Å². The van der Waals surface area contributed by atoms with E-state index >= 15 is 0 Å². The average molecular weight is 757 g/mol. The summed E-state index contributed by atoms with van der Waals surface area (Å²) in [7, 11) is 0. The number of amides is 1. The van der Waals surface area contributed by atoms with Crippen molar-refractivity contribution in [3.8, 4) is 0 Å². The Morgan fingerprint density at radius 2 is 1.53 bits per heavy atom. The number of anilines is 1. The van der Waals surface area contributed by atoms with Crippen LogP contribution >= 0.6 is 0 Å². The maximum atomic E-state index is 13.9. The highest BCUT2D eigenvalue weighted by atomic mass is 16.5. The van der Waals surface area contributed by atoms with E-state index in [2.05, 4.69) is 77.5 Å². The van der Waals surface area contributed by atoms with Crippen molar-refractivity contribution in [2.24, 2.45) is 62.1 Å².